The molecule has 15 heteroatoms. The summed E-state index contributed by atoms with van der Waals surface area (Å²) >= 11 is 0. The number of nitrogens with two attached hydrogens (primary N) is 1. The molecule has 1 fully saturated rings. The molecule has 0 saturated carbocycles. The van der Waals surface area contributed by atoms with Gasteiger partial charge in [0.1, 0.15) is 24.1 Å². The van der Waals surface area contributed by atoms with Crippen molar-refractivity contribution in [3.63, 3.8) is 0 Å². The topological polar surface area (TPSA) is 185 Å². The summed E-state index contributed by atoms with van der Waals surface area (Å²) in [5.41, 5.74) is 2.60. The van der Waals surface area contributed by atoms with Crippen LogP contribution in [0.5, 0.6) is 0 Å². The fourth-order valence-corrected chi connectivity index (χ4v) is 4.33. The maximum atomic E-state index is 13.2. The first-order valence-electron chi connectivity index (χ1n) is 11.3. The number of aliphatic hydroxyl groups is 3. The van der Waals surface area contributed by atoms with Gasteiger partial charge in [-0.05, 0) is 25.5 Å². The standard InChI is InChI=1S/C22H25F3N6O6/c1-3-12(27-18(35)10-4-6-11(7-5-10)21(29-30-21)22(23,24)25)14-9(2)17(26)28-20(36)31(14)19-16(34)15(33)13(8-32)37-19/h4-7,12-13,15-16,19,32-34H,3,8H2,1-2H3,(H,27,35)(H2,26,28,36)/t12?,13-,15-,16-,19?/m1/s1. The largest absolute Gasteiger partial charge is 0.442 e. The third kappa shape index (κ3) is 4.47. The molecule has 0 radical (unpaired) electrons. The summed E-state index contributed by atoms with van der Waals surface area (Å²) in [5.74, 6) is -0.798. The minimum absolute atomic E-state index is 0.0293. The summed E-state index contributed by atoms with van der Waals surface area (Å²) in [6.07, 6.45) is -10.2. The number of benzene rings is 1. The average Bonchev–Trinajstić information content (AvgIpc) is 3.63. The van der Waals surface area contributed by atoms with E-state index < -0.39 is 60.6 Å². The Morgan fingerprint density at radius 2 is 1.86 bits per heavy atom. The molecule has 0 aliphatic carbocycles. The van der Waals surface area contributed by atoms with E-state index >= 15 is 0 Å². The zero-order chi connectivity index (χ0) is 27.3. The molecule has 5 atom stereocenters. The van der Waals surface area contributed by atoms with Crippen LogP contribution in [0.4, 0.5) is 19.0 Å². The number of ether oxygens (including phenoxy) is 1. The molecule has 1 amide bonds. The maximum Gasteiger partial charge on any atom is 0.442 e. The second-order valence-corrected chi connectivity index (χ2v) is 8.77. The van der Waals surface area contributed by atoms with E-state index in [1.165, 1.54) is 19.1 Å². The number of aromatic nitrogens is 2. The average molecular weight is 526 g/mol. The Morgan fingerprint density at radius 1 is 1.24 bits per heavy atom. The molecule has 2 aromatic rings. The molecule has 37 heavy (non-hydrogen) atoms. The number of anilines is 1. The first-order valence-corrected chi connectivity index (χ1v) is 11.3. The van der Waals surface area contributed by atoms with E-state index in [2.05, 4.69) is 20.5 Å². The lowest BCUT2D eigenvalue weighted by molar-refractivity contribution is -0.166. The van der Waals surface area contributed by atoms with Crippen molar-refractivity contribution < 1.29 is 38.0 Å². The number of hydrogen-bond acceptors (Lipinski definition) is 10. The lowest BCUT2D eigenvalue weighted by Gasteiger charge is -2.28. The van der Waals surface area contributed by atoms with Gasteiger partial charge in [-0.15, -0.1) is 10.2 Å². The Morgan fingerprint density at radius 3 is 2.35 bits per heavy atom. The van der Waals surface area contributed by atoms with Crippen molar-refractivity contribution in [3.8, 4) is 0 Å². The van der Waals surface area contributed by atoms with Crippen LogP contribution in [0.3, 0.4) is 0 Å². The Kier molecular flexibility index (Phi) is 6.83. The number of alkyl halides is 3. The summed E-state index contributed by atoms with van der Waals surface area (Å²) in [6.45, 7) is 2.61. The summed E-state index contributed by atoms with van der Waals surface area (Å²) in [5, 5.41) is 39.1. The molecular formula is C22H25F3N6O6. The monoisotopic (exact) mass is 526 g/mol. The highest BCUT2D eigenvalue weighted by Crippen LogP contribution is 2.52. The maximum absolute atomic E-state index is 13.2. The molecule has 0 bridgehead atoms. The van der Waals surface area contributed by atoms with Crippen LogP contribution in [0.25, 0.3) is 0 Å². The lowest BCUT2D eigenvalue weighted by Crippen LogP contribution is -2.41. The fourth-order valence-electron chi connectivity index (χ4n) is 4.33. The summed E-state index contributed by atoms with van der Waals surface area (Å²) < 4.78 is 46.2. The van der Waals surface area contributed by atoms with Crippen LogP contribution in [-0.2, 0) is 10.4 Å². The quantitative estimate of drug-likeness (QED) is 0.351. The molecule has 200 valence electrons. The van der Waals surface area contributed by atoms with Crippen molar-refractivity contribution in [2.24, 2.45) is 10.2 Å². The summed E-state index contributed by atoms with van der Waals surface area (Å²) in [7, 11) is 0. The van der Waals surface area contributed by atoms with Gasteiger partial charge in [-0.3, -0.25) is 9.36 Å². The number of carbonyl (C=O) groups excluding carboxylic acids is 1. The molecule has 12 nitrogen and oxygen atoms in total. The molecule has 4 rings (SSSR count). The van der Waals surface area contributed by atoms with Crippen molar-refractivity contribution in [1.82, 2.24) is 14.9 Å². The highest BCUT2D eigenvalue weighted by Gasteiger charge is 2.65. The Balaban J connectivity index is 1.65. The number of nitrogens with zero attached hydrogens (tertiary/aromatic N) is 4. The van der Waals surface area contributed by atoms with Crippen LogP contribution < -0.4 is 16.7 Å². The molecule has 2 aliphatic rings. The minimum Gasteiger partial charge on any atom is -0.394 e. The van der Waals surface area contributed by atoms with Crippen molar-refractivity contribution >= 4 is 11.7 Å². The third-order valence-electron chi connectivity index (χ3n) is 6.51. The lowest BCUT2D eigenvalue weighted by atomic mass is 10.0. The first-order chi connectivity index (χ1) is 17.4. The predicted molar refractivity (Wildman–Crippen MR) is 120 cm³/mol. The third-order valence-corrected chi connectivity index (χ3v) is 6.51. The van der Waals surface area contributed by atoms with E-state index in [1.807, 2.05) is 0 Å². The molecule has 1 saturated heterocycles. The van der Waals surface area contributed by atoms with Gasteiger partial charge >= 0.3 is 17.5 Å². The van der Waals surface area contributed by atoms with Gasteiger partial charge in [0.05, 0.1) is 18.3 Å². The van der Waals surface area contributed by atoms with E-state index in [-0.39, 0.29) is 29.1 Å². The molecule has 3 heterocycles. The number of rotatable bonds is 7. The smallest absolute Gasteiger partial charge is 0.394 e. The molecule has 0 spiro atoms. The number of hydrogen-bond donors (Lipinski definition) is 5. The van der Waals surface area contributed by atoms with E-state index in [0.717, 1.165) is 16.7 Å². The van der Waals surface area contributed by atoms with E-state index in [9.17, 15) is 38.1 Å². The van der Waals surface area contributed by atoms with Crippen LogP contribution in [0.2, 0.25) is 0 Å². The number of amides is 1. The molecule has 1 aromatic carbocycles. The number of nitrogens with one attached hydrogen (secondary N) is 1. The molecule has 2 aliphatic heterocycles. The molecular weight excluding hydrogens is 501 g/mol. The Bertz CT molecular complexity index is 1280. The van der Waals surface area contributed by atoms with Crippen LogP contribution in [0.15, 0.2) is 39.3 Å². The zero-order valence-electron chi connectivity index (χ0n) is 19.7. The normalized spacial score (nSPS) is 25.2. The van der Waals surface area contributed by atoms with Gasteiger partial charge in [0.25, 0.3) is 5.91 Å². The van der Waals surface area contributed by atoms with Gasteiger partial charge in [0.2, 0.25) is 0 Å². The van der Waals surface area contributed by atoms with Gasteiger partial charge in [-0.1, -0.05) is 19.1 Å². The molecule has 6 N–H and O–H groups in total. The highest BCUT2D eigenvalue weighted by molar-refractivity contribution is 5.94. The Labute approximate surface area is 207 Å². The molecule has 1 aromatic heterocycles. The minimum atomic E-state index is -4.71. The van der Waals surface area contributed by atoms with E-state index in [4.69, 9.17) is 10.5 Å². The number of halogens is 3. The van der Waals surface area contributed by atoms with Crippen LogP contribution in [0.1, 0.15) is 52.8 Å². The molecule has 2 unspecified atom stereocenters. The van der Waals surface area contributed by atoms with Crippen LogP contribution in [0, 0.1) is 6.92 Å². The van der Waals surface area contributed by atoms with Crippen molar-refractivity contribution in [3.05, 3.63) is 57.1 Å². The van der Waals surface area contributed by atoms with E-state index in [0.29, 0.717) is 5.56 Å². The van der Waals surface area contributed by atoms with Gasteiger partial charge in [0.15, 0.2) is 6.23 Å². The number of aliphatic hydroxyl groups excluding tert-OH is 3. The summed E-state index contributed by atoms with van der Waals surface area (Å²) in [4.78, 5) is 29.6. The number of carbonyl (C=O) groups is 1. The van der Waals surface area contributed by atoms with Gasteiger partial charge in [-0.2, -0.15) is 18.2 Å². The van der Waals surface area contributed by atoms with Crippen molar-refractivity contribution in [1.29, 1.82) is 0 Å². The first kappa shape index (κ1) is 26.7. The van der Waals surface area contributed by atoms with Crippen molar-refractivity contribution in [2.75, 3.05) is 12.3 Å². The Hall–Kier alpha value is -3.40. The zero-order valence-corrected chi connectivity index (χ0v) is 19.7. The van der Waals surface area contributed by atoms with E-state index in [1.54, 1.807) is 6.92 Å². The second kappa shape index (κ2) is 9.48. The fraction of sp³-hybridized carbons (Fsp3) is 0.500. The van der Waals surface area contributed by atoms with Crippen LogP contribution >= 0.6 is 0 Å². The van der Waals surface area contributed by atoms with Gasteiger partial charge in [-0.25, -0.2) is 4.79 Å². The van der Waals surface area contributed by atoms with Gasteiger partial charge < -0.3 is 31.1 Å². The predicted octanol–water partition coefficient (Wildman–Crippen LogP) is 0.807. The summed E-state index contributed by atoms with van der Waals surface area (Å²) in [6, 6.07) is 3.71. The second-order valence-electron chi connectivity index (χ2n) is 8.77. The number of nitrogen functional groups attached to an aromatic ring is 1. The van der Waals surface area contributed by atoms with Gasteiger partial charge in [0, 0.05) is 16.7 Å². The van der Waals surface area contributed by atoms with Crippen LogP contribution in [-0.4, -0.2) is 61.9 Å². The highest BCUT2D eigenvalue weighted by atomic mass is 19.4. The SMILES string of the molecule is CCC(NC(=O)c1ccc(C2(C(F)(F)F)N=N2)cc1)c1c(C)c(N)nc(=O)n1C1O[C@H](CO)[C@@H](O)[C@H]1O. The van der Waals surface area contributed by atoms with Crippen molar-refractivity contribution in [2.45, 2.75) is 62.7 Å².